The number of rotatable bonds is 7. The quantitative estimate of drug-likeness (QED) is 0.591. The Hall–Kier alpha value is -2.87. The van der Waals surface area contributed by atoms with Gasteiger partial charge in [-0.3, -0.25) is 15.0 Å². The second-order valence-corrected chi connectivity index (χ2v) is 6.32. The van der Waals surface area contributed by atoms with Crippen molar-refractivity contribution in [1.82, 2.24) is 4.90 Å². The highest BCUT2D eigenvalue weighted by molar-refractivity contribution is 5.61. The van der Waals surface area contributed by atoms with Crippen LogP contribution in [0.2, 0.25) is 0 Å². The summed E-state index contributed by atoms with van der Waals surface area (Å²) in [7, 11) is 3.23. The lowest BCUT2D eigenvalue weighted by Crippen LogP contribution is -2.34. The van der Waals surface area contributed by atoms with Crippen molar-refractivity contribution in [3.8, 4) is 11.5 Å². The Labute approximate surface area is 156 Å². The van der Waals surface area contributed by atoms with Gasteiger partial charge in [-0.05, 0) is 41.8 Å². The molecule has 144 valence electrons. The average molecular weight is 375 g/mol. The van der Waals surface area contributed by atoms with Gasteiger partial charge in [0.2, 0.25) is 5.82 Å². The Kier molecular flexibility index (Phi) is 5.75. The molecule has 0 aromatic heterocycles. The fourth-order valence-electron chi connectivity index (χ4n) is 3.32. The zero-order valence-corrected chi connectivity index (χ0v) is 15.3. The molecule has 0 saturated heterocycles. The SMILES string of the molecule is COc1cc2c(cc1OC)CN(CCNc1cccc(F)c1[N+](=O)[O-])CC2. The molecule has 0 amide bonds. The molecule has 0 bridgehead atoms. The highest BCUT2D eigenvalue weighted by atomic mass is 19.1. The number of benzene rings is 2. The number of hydrogen-bond donors (Lipinski definition) is 1. The van der Waals surface area contributed by atoms with Gasteiger partial charge in [-0.2, -0.15) is 4.39 Å². The van der Waals surface area contributed by atoms with Gasteiger partial charge in [0.15, 0.2) is 11.5 Å². The van der Waals surface area contributed by atoms with E-state index < -0.39 is 16.4 Å². The van der Waals surface area contributed by atoms with Crippen LogP contribution in [-0.2, 0) is 13.0 Å². The molecular formula is C19H22FN3O4. The second kappa shape index (κ2) is 8.22. The number of nitrogens with zero attached hydrogens (tertiary/aromatic N) is 2. The van der Waals surface area contributed by atoms with E-state index in [-0.39, 0.29) is 5.69 Å². The van der Waals surface area contributed by atoms with Crippen LogP contribution >= 0.6 is 0 Å². The summed E-state index contributed by atoms with van der Waals surface area (Å²) in [4.78, 5) is 12.6. The first kappa shape index (κ1) is 18.9. The van der Waals surface area contributed by atoms with Crippen molar-refractivity contribution < 1.29 is 18.8 Å². The van der Waals surface area contributed by atoms with Gasteiger partial charge in [-0.25, -0.2) is 0 Å². The number of ether oxygens (including phenoxy) is 2. The highest BCUT2D eigenvalue weighted by Gasteiger charge is 2.21. The zero-order valence-electron chi connectivity index (χ0n) is 15.3. The maximum absolute atomic E-state index is 13.7. The van der Waals surface area contributed by atoms with Crippen LogP contribution in [-0.4, -0.2) is 43.7 Å². The molecule has 1 aliphatic rings. The summed E-state index contributed by atoms with van der Waals surface area (Å²) in [5.74, 6) is 0.592. The lowest BCUT2D eigenvalue weighted by molar-refractivity contribution is -0.386. The third-order valence-corrected chi connectivity index (χ3v) is 4.71. The van der Waals surface area contributed by atoms with Crippen molar-refractivity contribution >= 4 is 11.4 Å². The molecule has 0 fully saturated rings. The minimum absolute atomic E-state index is 0.198. The number of nitro benzene ring substituents is 1. The predicted octanol–water partition coefficient (Wildman–Crippen LogP) is 3.22. The van der Waals surface area contributed by atoms with Gasteiger partial charge in [-0.1, -0.05) is 6.07 Å². The number of nitro groups is 1. The number of methoxy groups -OCH3 is 2. The first-order valence-electron chi connectivity index (χ1n) is 8.66. The summed E-state index contributed by atoms with van der Waals surface area (Å²) in [6.07, 6.45) is 0.885. The van der Waals surface area contributed by atoms with Gasteiger partial charge in [0, 0.05) is 26.2 Å². The summed E-state index contributed by atoms with van der Waals surface area (Å²) in [6, 6.07) is 8.07. The van der Waals surface area contributed by atoms with Gasteiger partial charge < -0.3 is 14.8 Å². The summed E-state index contributed by atoms with van der Waals surface area (Å²) in [5, 5.41) is 14.0. The molecular weight excluding hydrogens is 353 g/mol. The van der Waals surface area contributed by atoms with E-state index in [1.807, 2.05) is 12.1 Å². The molecule has 3 rings (SSSR count). The van der Waals surface area contributed by atoms with E-state index in [2.05, 4.69) is 10.2 Å². The zero-order chi connectivity index (χ0) is 19.4. The lowest BCUT2D eigenvalue weighted by Gasteiger charge is -2.29. The molecule has 2 aromatic rings. The predicted molar refractivity (Wildman–Crippen MR) is 100 cm³/mol. The number of para-hydroxylation sites is 1. The Morgan fingerprint density at radius 3 is 2.59 bits per heavy atom. The number of nitrogens with one attached hydrogen (secondary N) is 1. The normalized spacial score (nSPS) is 13.7. The van der Waals surface area contributed by atoms with Gasteiger partial charge >= 0.3 is 5.69 Å². The fourth-order valence-corrected chi connectivity index (χ4v) is 3.32. The topological polar surface area (TPSA) is 76.9 Å². The Bertz CT molecular complexity index is 844. The fraction of sp³-hybridized carbons (Fsp3) is 0.368. The molecule has 1 aliphatic heterocycles. The maximum Gasteiger partial charge on any atom is 0.327 e. The van der Waals surface area contributed by atoms with E-state index in [0.717, 1.165) is 31.3 Å². The molecule has 0 spiro atoms. The minimum atomic E-state index is -0.835. The van der Waals surface area contributed by atoms with Crippen molar-refractivity contribution in [2.24, 2.45) is 0 Å². The van der Waals surface area contributed by atoms with Crippen LogP contribution in [0.3, 0.4) is 0 Å². The minimum Gasteiger partial charge on any atom is -0.493 e. The Morgan fingerprint density at radius 1 is 1.22 bits per heavy atom. The molecule has 1 heterocycles. The van der Waals surface area contributed by atoms with E-state index in [0.29, 0.717) is 18.8 Å². The smallest absolute Gasteiger partial charge is 0.327 e. The molecule has 7 nitrogen and oxygen atoms in total. The largest absolute Gasteiger partial charge is 0.493 e. The van der Waals surface area contributed by atoms with Crippen LogP contribution in [0.1, 0.15) is 11.1 Å². The van der Waals surface area contributed by atoms with Gasteiger partial charge in [0.25, 0.3) is 0 Å². The number of hydrogen-bond acceptors (Lipinski definition) is 6. The van der Waals surface area contributed by atoms with Crippen LogP contribution in [0.15, 0.2) is 30.3 Å². The van der Waals surface area contributed by atoms with Crippen molar-refractivity contribution in [1.29, 1.82) is 0 Å². The van der Waals surface area contributed by atoms with Gasteiger partial charge in [-0.15, -0.1) is 0 Å². The van der Waals surface area contributed by atoms with Gasteiger partial charge in [0.1, 0.15) is 5.69 Å². The molecule has 0 aliphatic carbocycles. The van der Waals surface area contributed by atoms with Crippen molar-refractivity contribution in [2.75, 3.05) is 39.2 Å². The summed E-state index contributed by atoms with van der Waals surface area (Å²) < 4.78 is 24.4. The Balaban J connectivity index is 1.63. The van der Waals surface area contributed by atoms with Gasteiger partial charge in [0.05, 0.1) is 19.1 Å². The van der Waals surface area contributed by atoms with E-state index in [9.17, 15) is 14.5 Å². The second-order valence-electron chi connectivity index (χ2n) is 6.32. The number of anilines is 1. The van der Waals surface area contributed by atoms with Crippen molar-refractivity contribution in [3.05, 3.63) is 57.4 Å². The van der Waals surface area contributed by atoms with Crippen LogP contribution in [0.5, 0.6) is 11.5 Å². The van der Waals surface area contributed by atoms with Crippen molar-refractivity contribution in [3.63, 3.8) is 0 Å². The van der Waals surface area contributed by atoms with E-state index in [4.69, 9.17) is 9.47 Å². The molecule has 8 heteroatoms. The Morgan fingerprint density at radius 2 is 1.93 bits per heavy atom. The van der Waals surface area contributed by atoms with E-state index in [1.165, 1.54) is 23.3 Å². The van der Waals surface area contributed by atoms with Crippen LogP contribution in [0, 0.1) is 15.9 Å². The maximum atomic E-state index is 13.7. The van der Waals surface area contributed by atoms with Crippen LogP contribution in [0.25, 0.3) is 0 Å². The first-order valence-corrected chi connectivity index (χ1v) is 8.66. The average Bonchev–Trinajstić information content (AvgIpc) is 2.66. The summed E-state index contributed by atoms with van der Waals surface area (Å²) in [5.41, 5.74) is 2.09. The third-order valence-electron chi connectivity index (χ3n) is 4.71. The van der Waals surface area contributed by atoms with E-state index in [1.54, 1.807) is 14.2 Å². The van der Waals surface area contributed by atoms with E-state index >= 15 is 0 Å². The summed E-state index contributed by atoms with van der Waals surface area (Å²) >= 11 is 0. The number of halogens is 1. The van der Waals surface area contributed by atoms with Crippen LogP contribution < -0.4 is 14.8 Å². The molecule has 0 saturated carbocycles. The molecule has 0 radical (unpaired) electrons. The molecule has 2 aromatic carbocycles. The molecule has 1 N–H and O–H groups in total. The first-order chi connectivity index (χ1) is 13.0. The molecule has 0 atom stereocenters. The standard InChI is InChI=1S/C19H22FN3O4/c1-26-17-10-13-6-8-22(12-14(13)11-18(17)27-2)9-7-21-16-5-3-4-15(20)19(16)23(24)25/h3-5,10-11,21H,6-9,12H2,1-2H3. The third kappa shape index (κ3) is 4.11. The molecule has 0 unspecified atom stereocenters. The molecule has 27 heavy (non-hydrogen) atoms. The summed E-state index contributed by atoms with van der Waals surface area (Å²) in [6.45, 7) is 2.78. The highest BCUT2D eigenvalue weighted by Crippen LogP contribution is 2.33. The number of fused-ring (bicyclic) bond motifs is 1. The van der Waals surface area contributed by atoms with Crippen LogP contribution in [0.4, 0.5) is 15.8 Å². The monoisotopic (exact) mass is 375 g/mol. The van der Waals surface area contributed by atoms with Crippen molar-refractivity contribution in [2.45, 2.75) is 13.0 Å². The lowest BCUT2D eigenvalue weighted by atomic mass is 9.99.